The van der Waals surface area contributed by atoms with Crippen molar-refractivity contribution in [3.63, 3.8) is 0 Å². The molecule has 0 saturated heterocycles. The lowest BCUT2D eigenvalue weighted by Crippen LogP contribution is -2.42. The normalized spacial score (nSPS) is 19.6. The second-order valence-electron chi connectivity index (χ2n) is 9.43. The number of nitrogens with zero attached hydrogens (tertiary/aromatic N) is 1. The van der Waals surface area contributed by atoms with E-state index in [9.17, 15) is 17.6 Å². The van der Waals surface area contributed by atoms with Crippen LogP contribution in [0.15, 0.2) is 65.6 Å². The van der Waals surface area contributed by atoms with Gasteiger partial charge in [-0.25, -0.2) is 12.8 Å². The molecule has 0 unspecified atom stereocenters. The van der Waals surface area contributed by atoms with Gasteiger partial charge in [-0.05, 0) is 79.6 Å². The predicted molar refractivity (Wildman–Crippen MR) is 136 cm³/mol. The average Bonchev–Trinajstić information content (AvgIpc) is 3.01. The molecule has 2 aliphatic rings. The molecule has 0 radical (unpaired) electrons. The molecule has 1 amide bonds. The Hall–Kier alpha value is -3.39. The van der Waals surface area contributed by atoms with Gasteiger partial charge in [-0.3, -0.25) is 9.52 Å². The number of nitrogens with one attached hydrogen (secondary N) is 1. The number of anilines is 1. The Morgan fingerprint density at radius 3 is 2.67 bits per heavy atom. The minimum Gasteiger partial charge on any atom is -0.480 e. The number of carbonyl (C=O) groups excluding carboxylic acids is 1. The molecule has 188 valence electrons. The molecule has 1 aliphatic carbocycles. The quantitative estimate of drug-likeness (QED) is 0.493. The SMILES string of the molecule is CC[C@H]1Oc2ccc(NS(=O)(=O)c3ccc(C)c(F)c3)cc2CN([C@@H]2CCCc3ccccc32)C1=O. The standard InChI is InChI=1S/C28H29FN2O4S/c1-3-26-28(32)31(25-10-6-8-19-7-4-5-9-23(19)25)17-20-15-21(12-14-27(20)35-26)30-36(33,34)22-13-11-18(2)24(29)16-22/h4-5,7,9,11-16,25-26,30H,3,6,8,10,17H2,1-2H3/t25-,26-/m1/s1. The van der Waals surface area contributed by atoms with E-state index in [4.69, 9.17) is 4.74 Å². The average molecular weight is 509 g/mol. The molecule has 0 aromatic heterocycles. The summed E-state index contributed by atoms with van der Waals surface area (Å²) in [7, 11) is -4.00. The van der Waals surface area contributed by atoms with Crippen LogP contribution in [0.4, 0.5) is 10.1 Å². The molecule has 0 bridgehead atoms. The number of ether oxygens (including phenoxy) is 1. The third-order valence-corrected chi connectivity index (χ3v) is 8.40. The molecular weight excluding hydrogens is 479 g/mol. The van der Waals surface area contributed by atoms with E-state index in [0.717, 1.165) is 36.5 Å². The molecule has 0 saturated carbocycles. The van der Waals surface area contributed by atoms with Crippen LogP contribution in [0.3, 0.4) is 0 Å². The second kappa shape index (κ2) is 9.58. The van der Waals surface area contributed by atoms with Gasteiger partial charge in [0, 0.05) is 11.3 Å². The Morgan fingerprint density at radius 2 is 1.89 bits per heavy atom. The fourth-order valence-electron chi connectivity index (χ4n) is 5.06. The van der Waals surface area contributed by atoms with Gasteiger partial charge in [-0.2, -0.15) is 0 Å². The largest absolute Gasteiger partial charge is 0.480 e. The lowest BCUT2D eigenvalue weighted by Gasteiger charge is -2.36. The van der Waals surface area contributed by atoms with Gasteiger partial charge in [0.25, 0.3) is 15.9 Å². The zero-order chi connectivity index (χ0) is 25.4. The van der Waals surface area contributed by atoms with E-state index in [1.54, 1.807) is 25.1 Å². The molecule has 3 aromatic rings. The molecule has 8 heteroatoms. The van der Waals surface area contributed by atoms with Gasteiger partial charge in [0.1, 0.15) is 11.6 Å². The number of amides is 1. The molecular formula is C28H29FN2O4S. The van der Waals surface area contributed by atoms with E-state index >= 15 is 0 Å². The van der Waals surface area contributed by atoms with Crippen LogP contribution in [0.1, 0.15) is 54.5 Å². The first-order valence-corrected chi connectivity index (χ1v) is 13.7. The number of fused-ring (bicyclic) bond motifs is 2. The molecule has 0 spiro atoms. The van der Waals surface area contributed by atoms with Crippen LogP contribution in [-0.2, 0) is 27.8 Å². The van der Waals surface area contributed by atoms with Gasteiger partial charge in [-0.15, -0.1) is 0 Å². The van der Waals surface area contributed by atoms with Crippen molar-refractivity contribution >= 4 is 21.6 Å². The third-order valence-electron chi connectivity index (χ3n) is 7.02. The summed E-state index contributed by atoms with van der Waals surface area (Å²) in [4.78, 5) is 15.3. The fourth-order valence-corrected chi connectivity index (χ4v) is 6.12. The number of aryl methyl sites for hydroxylation is 2. The molecule has 6 nitrogen and oxygen atoms in total. The van der Waals surface area contributed by atoms with Crippen LogP contribution >= 0.6 is 0 Å². The number of rotatable bonds is 5. The summed E-state index contributed by atoms with van der Waals surface area (Å²) < 4.78 is 48.5. The summed E-state index contributed by atoms with van der Waals surface area (Å²) in [5.74, 6) is -0.0838. The topological polar surface area (TPSA) is 75.7 Å². The molecule has 1 aliphatic heterocycles. The predicted octanol–water partition coefficient (Wildman–Crippen LogP) is 5.51. The summed E-state index contributed by atoms with van der Waals surface area (Å²) in [6.07, 6.45) is 2.75. The maximum absolute atomic E-state index is 14.0. The van der Waals surface area contributed by atoms with Crippen LogP contribution < -0.4 is 9.46 Å². The highest BCUT2D eigenvalue weighted by Crippen LogP contribution is 2.39. The van der Waals surface area contributed by atoms with Crippen molar-refractivity contribution in [2.24, 2.45) is 0 Å². The highest BCUT2D eigenvalue weighted by molar-refractivity contribution is 7.92. The summed E-state index contributed by atoms with van der Waals surface area (Å²) in [6, 6.07) is 17.0. The molecule has 3 aromatic carbocycles. The molecule has 0 fully saturated rings. The van der Waals surface area contributed by atoms with Crippen LogP contribution in [0.5, 0.6) is 5.75 Å². The Kier molecular flexibility index (Phi) is 6.47. The van der Waals surface area contributed by atoms with Crippen LogP contribution in [0, 0.1) is 12.7 Å². The number of hydrogen-bond acceptors (Lipinski definition) is 4. The lowest BCUT2D eigenvalue weighted by molar-refractivity contribution is -0.141. The number of hydrogen-bond donors (Lipinski definition) is 1. The van der Waals surface area contributed by atoms with Crippen molar-refractivity contribution < 1.29 is 22.3 Å². The summed E-state index contributed by atoms with van der Waals surface area (Å²) >= 11 is 0. The Morgan fingerprint density at radius 1 is 1.08 bits per heavy atom. The van der Waals surface area contributed by atoms with E-state index in [1.807, 2.05) is 24.0 Å². The minimum atomic E-state index is -4.00. The van der Waals surface area contributed by atoms with E-state index in [-0.39, 0.29) is 16.8 Å². The maximum Gasteiger partial charge on any atom is 0.264 e. The van der Waals surface area contributed by atoms with Crippen molar-refractivity contribution in [2.45, 2.75) is 63.1 Å². The van der Waals surface area contributed by atoms with E-state index in [2.05, 4.69) is 16.9 Å². The van der Waals surface area contributed by atoms with Gasteiger partial charge in [-0.1, -0.05) is 37.3 Å². The van der Waals surface area contributed by atoms with Crippen LogP contribution in [0.2, 0.25) is 0 Å². The van der Waals surface area contributed by atoms with Gasteiger partial charge in [0.05, 0.1) is 17.5 Å². The van der Waals surface area contributed by atoms with E-state index < -0.39 is 21.9 Å². The summed E-state index contributed by atoms with van der Waals surface area (Å²) in [6.45, 7) is 3.80. The molecule has 5 rings (SSSR count). The second-order valence-corrected chi connectivity index (χ2v) is 11.1. The van der Waals surface area contributed by atoms with E-state index in [0.29, 0.717) is 30.0 Å². The van der Waals surface area contributed by atoms with Gasteiger partial charge in [0.15, 0.2) is 6.10 Å². The fraction of sp³-hybridized carbons (Fsp3) is 0.321. The number of halogens is 1. The van der Waals surface area contributed by atoms with Gasteiger partial charge in [0.2, 0.25) is 0 Å². The Bertz CT molecular complexity index is 1420. The van der Waals surface area contributed by atoms with Crippen molar-refractivity contribution in [3.8, 4) is 5.75 Å². The number of benzene rings is 3. The minimum absolute atomic E-state index is 0.0623. The van der Waals surface area contributed by atoms with Crippen molar-refractivity contribution in [1.29, 1.82) is 0 Å². The zero-order valence-corrected chi connectivity index (χ0v) is 21.1. The van der Waals surface area contributed by atoms with E-state index in [1.165, 1.54) is 17.7 Å². The van der Waals surface area contributed by atoms with Gasteiger partial charge >= 0.3 is 0 Å². The highest BCUT2D eigenvalue weighted by Gasteiger charge is 2.36. The smallest absolute Gasteiger partial charge is 0.264 e. The van der Waals surface area contributed by atoms with Crippen molar-refractivity contribution in [1.82, 2.24) is 4.90 Å². The highest BCUT2D eigenvalue weighted by atomic mass is 32.2. The van der Waals surface area contributed by atoms with Crippen LogP contribution in [-0.4, -0.2) is 25.3 Å². The number of sulfonamides is 1. The summed E-state index contributed by atoms with van der Waals surface area (Å²) in [5, 5.41) is 0. The lowest BCUT2D eigenvalue weighted by atomic mass is 9.86. The van der Waals surface area contributed by atoms with Crippen molar-refractivity contribution in [3.05, 3.63) is 88.7 Å². The molecule has 1 N–H and O–H groups in total. The molecule has 2 atom stereocenters. The molecule has 36 heavy (non-hydrogen) atoms. The Labute approximate surface area is 211 Å². The number of carbonyl (C=O) groups is 1. The third kappa shape index (κ3) is 4.57. The maximum atomic E-state index is 14.0. The van der Waals surface area contributed by atoms with Crippen molar-refractivity contribution in [2.75, 3.05) is 4.72 Å². The first-order valence-electron chi connectivity index (χ1n) is 12.2. The first-order chi connectivity index (χ1) is 17.3. The zero-order valence-electron chi connectivity index (χ0n) is 20.3. The van der Waals surface area contributed by atoms with Gasteiger partial charge < -0.3 is 9.64 Å². The van der Waals surface area contributed by atoms with Crippen LogP contribution in [0.25, 0.3) is 0 Å². The Balaban J connectivity index is 1.48. The molecule has 1 heterocycles. The monoisotopic (exact) mass is 508 g/mol. The summed E-state index contributed by atoms with van der Waals surface area (Å²) in [5.41, 5.74) is 3.83. The first kappa shape index (κ1) is 24.3.